The largest absolute Gasteiger partial charge is 0.497 e. The van der Waals surface area contributed by atoms with Gasteiger partial charge in [0.15, 0.2) is 0 Å². The highest BCUT2D eigenvalue weighted by Crippen LogP contribution is 2.13. The van der Waals surface area contributed by atoms with E-state index in [0.29, 0.717) is 19.4 Å². The van der Waals surface area contributed by atoms with Crippen LogP contribution in [0.4, 0.5) is 0 Å². The minimum absolute atomic E-state index is 0.127. The molecule has 29 heavy (non-hydrogen) atoms. The van der Waals surface area contributed by atoms with Gasteiger partial charge in [-0.25, -0.2) is 0 Å². The molecule has 164 valence electrons. The van der Waals surface area contributed by atoms with Crippen molar-refractivity contribution in [1.29, 1.82) is 0 Å². The molecule has 0 N–H and O–H groups in total. The molecule has 0 bridgehead atoms. The predicted molar refractivity (Wildman–Crippen MR) is 115 cm³/mol. The van der Waals surface area contributed by atoms with Gasteiger partial charge in [0, 0.05) is 12.8 Å². The molecule has 0 atom stereocenters. The molecule has 1 aromatic carbocycles. The summed E-state index contributed by atoms with van der Waals surface area (Å²) in [6.45, 7) is 3.02. The normalized spacial score (nSPS) is 10.6. The van der Waals surface area contributed by atoms with Crippen LogP contribution in [-0.4, -0.2) is 25.7 Å². The summed E-state index contributed by atoms with van der Waals surface area (Å²) < 4.78 is 15.6. The number of ether oxygens (including phenoxy) is 3. The molecule has 1 aromatic rings. The Morgan fingerprint density at radius 1 is 0.724 bits per heavy atom. The fourth-order valence-corrected chi connectivity index (χ4v) is 2.99. The Kier molecular flexibility index (Phi) is 14.5. The van der Waals surface area contributed by atoms with Crippen molar-refractivity contribution in [3.05, 3.63) is 29.8 Å². The maximum absolute atomic E-state index is 11.8. The van der Waals surface area contributed by atoms with Crippen LogP contribution in [0.2, 0.25) is 0 Å². The number of hydrogen-bond donors (Lipinski definition) is 0. The Morgan fingerprint density at radius 3 is 1.90 bits per heavy atom. The lowest BCUT2D eigenvalue weighted by Gasteiger charge is -2.06. The number of esters is 2. The van der Waals surface area contributed by atoms with Gasteiger partial charge in [-0.3, -0.25) is 9.59 Å². The molecule has 5 heteroatoms. The summed E-state index contributed by atoms with van der Waals surface area (Å²) in [7, 11) is 1.62. The number of rotatable bonds is 17. The quantitative estimate of drug-likeness (QED) is 0.235. The molecule has 0 amide bonds. The van der Waals surface area contributed by atoms with E-state index in [0.717, 1.165) is 43.4 Å². The zero-order chi connectivity index (χ0) is 21.2. The second-order valence-corrected chi connectivity index (χ2v) is 7.41. The van der Waals surface area contributed by atoms with Gasteiger partial charge in [-0.1, -0.05) is 64.0 Å². The monoisotopic (exact) mass is 406 g/mol. The fourth-order valence-electron chi connectivity index (χ4n) is 2.99. The van der Waals surface area contributed by atoms with Crippen LogP contribution in [0, 0.1) is 0 Å². The van der Waals surface area contributed by atoms with Crippen LogP contribution in [0.1, 0.15) is 89.5 Å². The molecule has 0 saturated carbocycles. The van der Waals surface area contributed by atoms with Gasteiger partial charge in [0.25, 0.3) is 0 Å². The first-order chi connectivity index (χ1) is 14.2. The van der Waals surface area contributed by atoms with Gasteiger partial charge in [0.2, 0.25) is 0 Å². The number of methoxy groups -OCH3 is 1. The van der Waals surface area contributed by atoms with Gasteiger partial charge in [0.05, 0.1) is 13.7 Å². The molecule has 0 spiro atoms. The Labute approximate surface area is 176 Å². The molecule has 0 aliphatic carbocycles. The first-order valence-electron chi connectivity index (χ1n) is 11.1. The molecule has 0 saturated heterocycles. The van der Waals surface area contributed by atoms with Gasteiger partial charge in [0.1, 0.15) is 12.4 Å². The average Bonchev–Trinajstić information content (AvgIpc) is 2.74. The van der Waals surface area contributed by atoms with Crippen LogP contribution in [0.25, 0.3) is 0 Å². The van der Waals surface area contributed by atoms with E-state index in [-0.39, 0.29) is 18.5 Å². The average molecular weight is 407 g/mol. The van der Waals surface area contributed by atoms with Crippen molar-refractivity contribution in [2.24, 2.45) is 0 Å². The number of carbonyl (C=O) groups is 2. The smallest absolute Gasteiger partial charge is 0.306 e. The zero-order valence-corrected chi connectivity index (χ0v) is 18.3. The summed E-state index contributed by atoms with van der Waals surface area (Å²) in [6.07, 6.45) is 11.6. The zero-order valence-electron chi connectivity index (χ0n) is 18.3. The van der Waals surface area contributed by atoms with Gasteiger partial charge in [-0.05, 0) is 37.0 Å². The molecule has 0 fully saturated rings. The second kappa shape index (κ2) is 16.9. The summed E-state index contributed by atoms with van der Waals surface area (Å²) in [4.78, 5) is 23.5. The van der Waals surface area contributed by atoms with Crippen LogP contribution in [0.15, 0.2) is 24.3 Å². The number of benzene rings is 1. The van der Waals surface area contributed by atoms with Crippen molar-refractivity contribution < 1.29 is 23.8 Å². The van der Waals surface area contributed by atoms with Crippen LogP contribution < -0.4 is 4.74 Å². The van der Waals surface area contributed by atoms with E-state index in [1.165, 1.54) is 32.1 Å². The van der Waals surface area contributed by atoms with Crippen LogP contribution in [-0.2, 0) is 25.7 Å². The second-order valence-electron chi connectivity index (χ2n) is 7.41. The van der Waals surface area contributed by atoms with E-state index in [4.69, 9.17) is 14.2 Å². The Bertz CT molecular complexity index is 553. The molecule has 0 aliphatic heterocycles. The first-order valence-corrected chi connectivity index (χ1v) is 11.1. The van der Waals surface area contributed by atoms with E-state index in [9.17, 15) is 9.59 Å². The summed E-state index contributed by atoms with van der Waals surface area (Å²) >= 11 is 0. The van der Waals surface area contributed by atoms with Crippen molar-refractivity contribution in [1.82, 2.24) is 0 Å². The molecule has 0 heterocycles. The Morgan fingerprint density at radius 2 is 1.28 bits per heavy atom. The third-order valence-corrected chi connectivity index (χ3v) is 4.83. The topological polar surface area (TPSA) is 61.8 Å². The van der Waals surface area contributed by atoms with Crippen molar-refractivity contribution in [2.75, 3.05) is 13.7 Å². The maximum atomic E-state index is 11.8. The van der Waals surface area contributed by atoms with E-state index in [1.807, 2.05) is 24.3 Å². The molecule has 5 nitrogen and oxygen atoms in total. The lowest BCUT2D eigenvalue weighted by Crippen LogP contribution is -2.06. The van der Waals surface area contributed by atoms with Gasteiger partial charge >= 0.3 is 11.9 Å². The third-order valence-electron chi connectivity index (χ3n) is 4.83. The highest BCUT2D eigenvalue weighted by molar-refractivity contribution is 5.69. The van der Waals surface area contributed by atoms with E-state index >= 15 is 0 Å². The molecule has 0 aliphatic rings. The van der Waals surface area contributed by atoms with Crippen LogP contribution in [0.3, 0.4) is 0 Å². The highest BCUT2D eigenvalue weighted by Gasteiger charge is 2.06. The minimum Gasteiger partial charge on any atom is -0.497 e. The molecule has 0 radical (unpaired) electrons. The molecule has 0 unspecified atom stereocenters. The van der Waals surface area contributed by atoms with Crippen LogP contribution >= 0.6 is 0 Å². The minimum atomic E-state index is -0.206. The SMILES string of the molecule is CCCCCCCCCOC(=O)CCCCCC(=O)OCc1ccc(OC)cc1. The lowest BCUT2D eigenvalue weighted by molar-refractivity contribution is -0.145. The van der Waals surface area contributed by atoms with Crippen molar-refractivity contribution in [3.63, 3.8) is 0 Å². The maximum Gasteiger partial charge on any atom is 0.306 e. The molecule has 1 rings (SSSR count). The summed E-state index contributed by atoms with van der Waals surface area (Å²) in [5.41, 5.74) is 0.933. The summed E-state index contributed by atoms with van der Waals surface area (Å²) in [5.74, 6) is 0.446. The highest BCUT2D eigenvalue weighted by atomic mass is 16.5. The van der Waals surface area contributed by atoms with Crippen LogP contribution in [0.5, 0.6) is 5.75 Å². The van der Waals surface area contributed by atoms with Gasteiger partial charge in [-0.2, -0.15) is 0 Å². The standard InChI is InChI=1S/C24H38O5/c1-3-4-5-6-7-8-12-19-28-23(25)13-10-9-11-14-24(26)29-20-21-15-17-22(27-2)18-16-21/h15-18H,3-14,19-20H2,1-2H3. The Hall–Kier alpha value is -2.04. The fraction of sp³-hybridized carbons (Fsp3) is 0.667. The summed E-state index contributed by atoms with van der Waals surface area (Å²) in [6, 6.07) is 7.44. The lowest BCUT2D eigenvalue weighted by atomic mass is 10.1. The molecular weight excluding hydrogens is 368 g/mol. The van der Waals surface area contributed by atoms with Crippen molar-refractivity contribution in [2.45, 2.75) is 90.6 Å². The van der Waals surface area contributed by atoms with Gasteiger partial charge in [-0.15, -0.1) is 0 Å². The number of hydrogen-bond acceptors (Lipinski definition) is 5. The van der Waals surface area contributed by atoms with Crippen molar-refractivity contribution in [3.8, 4) is 5.75 Å². The summed E-state index contributed by atoms with van der Waals surface area (Å²) in [5, 5.41) is 0. The Balaban J connectivity index is 1.93. The number of unbranched alkanes of at least 4 members (excludes halogenated alkanes) is 8. The number of carbonyl (C=O) groups excluding carboxylic acids is 2. The van der Waals surface area contributed by atoms with Crippen molar-refractivity contribution >= 4 is 11.9 Å². The van der Waals surface area contributed by atoms with E-state index in [1.54, 1.807) is 7.11 Å². The van der Waals surface area contributed by atoms with E-state index < -0.39 is 0 Å². The first kappa shape index (κ1) is 25.0. The van der Waals surface area contributed by atoms with E-state index in [2.05, 4.69) is 6.92 Å². The van der Waals surface area contributed by atoms with Gasteiger partial charge < -0.3 is 14.2 Å². The molecule has 0 aromatic heterocycles. The molecular formula is C24H38O5. The predicted octanol–water partition coefficient (Wildman–Crippen LogP) is 5.98. The third kappa shape index (κ3) is 13.7.